The SMILES string of the molecule is CN(C)[C@@H](CNC(=O)c1cc(Cl)ccc1O)c1ccsc1. The number of hydrogen-bond acceptors (Lipinski definition) is 4. The van der Waals surface area contributed by atoms with Gasteiger partial charge in [0.1, 0.15) is 5.75 Å². The molecule has 0 unspecified atom stereocenters. The summed E-state index contributed by atoms with van der Waals surface area (Å²) in [7, 11) is 3.93. The van der Waals surface area contributed by atoms with E-state index in [0.29, 0.717) is 11.6 Å². The lowest BCUT2D eigenvalue weighted by Gasteiger charge is -2.24. The van der Waals surface area contributed by atoms with Crippen LogP contribution in [0.3, 0.4) is 0 Å². The molecule has 2 aromatic rings. The zero-order valence-electron chi connectivity index (χ0n) is 11.8. The van der Waals surface area contributed by atoms with Gasteiger partial charge >= 0.3 is 0 Å². The summed E-state index contributed by atoms with van der Waals surface area (Å²) in [6.07, 6.45) is 0. The second-order valence-electron chi connectivity index (χ2n) is 4.91. The summed E-state index contributed by atoms with van der Waals surface area (Å²) in [4.78, 5) is 14.2. The Labute approximate surface area is 133 Å². The molecule has 0 fully saturated rings. The molecular formula is C15H17ClN2O2S. The van der Waals surface area contributed by atoms with Crippen LogP contribution in [0.4, 0.5) is 0 Å². The first-order valence-electron chi connectivity index (χ1n) is 6.44. The van der Waals surface area contributed by atoms with Crippen LogP contribution in [0.5, 0.6) is 5.75 Å². The van der Waals surface area contributed by atoms with Gasteiger partial charge in [-0.25, -0.2) is 0 Å². The normalized spacial score (nSPS) is 12.4. The van der Waals surface area contributed by atoms with Crippen LogP contribution in [0, 0.1) is 0 Å². The number of hydrogen-bond donors (Lipinski definition) is 2. The van der Waals surface area contributed by atoms with Crippen molar-refractivity contribution in [1.82, 2.24) is 10.2 Å². The fraction of sp³-hybridized carbons (Fsp3) is 0.267. The van der Waals surface area contributed by atoms with Gasteiger partial charge in [-0.1, -0.05) is 11.6 Å². The van der Waals surface area contributed by atoms with Crippen LogP contribution in [0.15, 0.2) is 35.0 Å². The van der Waals surface area contributed by atoms with Gasteiger partial charge in [0, 0.05) is 11.6 Å². The molecule has 2 rings (SSSR count). The summed E-state index contributed by atoms with van der Waals surface area (Å²) in [6.45, 7) is 0.453. The van der Waals surface area contributed by atoms with Crippen LogP contribution in [0.2, 0.25) is 5.02 Å². The first kappa shape index (κ1) is 15.8. The molecule has 0 spiro atoms. The fourth-order valence-electron chi connectivity index (χ4n) is 2.04. The third kappa shape index (κ3) is 3.97. The lowest BCUT2D eigenvalue weighted by molar-refractivity contribution is 0.0939. The lowest BCUT2D eigenvalue weighted by atomic mass is 10.1. The first-order valence-corrected chi connectivity index (χ1v) is 7.76. The Morgan fingerprint density at radius 2 is 2.19 bits per heavy atom. The summed E-state index contributed by atoms with van der Waals surface area (Å²) < 4.78 is 0. The van der Waals surface area contributed by atoms with Gasteiger partial charge in [0.05, 0.1) is 11.6 Å². The van der Waals surface area contributed by atoms with Crippen LogP contribution in [-0.4, -0.2) is 36.6 Å². The Balaban J connectivity index is 2.07. The molecule has 6 heteroatoms. The van der Waals surface area contributed by atoms with Crippen LogP contribution < -0.4 is 5.32 Å². The molecule has 1 amide bonds. The van der Waals surface area contributed by atoms with Gasteiger partial charge in [0.15, 0.2) is 0 Å². The minimum atomic E-state index is -0.336. The molecule has 1 aromatic carbocycles. The van der Waals surface area contributed by atoms with E-state index in [2.05, 4.69) is 10.7 Å². The van der Waals surface area contributed by atoms with Gasteiger partial charge in [0.25, 0.3) is 5.91 Å². The maximum Gasteiger partial charge on any atom is 0.255 e. The number of carbonyl (C=O) groups excluding carboxylic acids is 1. The van der Waals surface area contributed by atoms with Gasteiger partial charge in [-0.05, 0) is 54.7 Å². The van der Waals surface area contributed by atoms with E-state index >= 15 is 0 Å². The van der Waals surface area contributed by atoms with Gasteiger partial charge in [-0.15, -0.1) is 0 Å². The van der Waals surface area contributed by atoms with E-state index in [9.17, 15) is 9.90 Å². The van der Waals surface area contributed by atoms with Crippen molar-refractivity contribution in [1.29, 1.82) is 0 Å². The number of aromatic hydroxyl groups is 1. The van der Waals surface area contributed by atoms with Crippen molar-refractivity contribution >= 4 is 28.8 Å². The number of rotatable bonds is 5. The maximum atomic E-state index is 12.2. The Bertz CT molecular complexity index is 614. The van der Waals surface area contributed by atoms with Crippen molar-refractivity contribution in [2.75, 3.05) is 20.6 Å². The Morgan fingerprint density at radius 3 is 2.81 bits per heavy atom. The van der Waals surface area contributed by atoms with Crippen LogP contribution in [-0.2, 0) is 0 Å². The fourth-order valence-corrected chi connectivity index (χ4v) is 2.92. The standard InChI is InChI=1S/C15H17ClN2O2S/c1-18(2)13(10-5-6-21-9-10)8-17-15(20)12-7-11(16)3-4-14(12)19/h3-7,9,13,19H,8H2,1-2H3,(H,17,20)/t13-/m0/s1. The molecule has 0 aliphatic carbocycles. The molecule has 1 heterocycles. The second kappa shape index (κ2) is 6.93. The highest BCUT2D eigenvalue weighted by Crippen LogP contribution is 2.23. The van der Waals surface area contributed by atoms with E-state index in [1.165, 1.54) is 12.1 Å². The largest absolute Gasteiger partial charge is 0.507 e. The van der Waals surface area contributed by atoms with Gasteiger partial charge < -0.3 is 15.3 Å². The third-order valence-electron chi connectivity index (χ3n) is 3.21. The summed E-state index contributed by atoms with van der Waals surface area (Å²) in [6, 6.07) is 6.54. The number of benzene rings is 1. The highest BCUT2D eigenvalue weighted by atomic mass is 35.5. The zero-order valence-corrected chi connectivity index (χ0v) is 13.4. The molecule has 21 heavy (non-hydrogen) atoms. The van der Waals surface area contributed by atoms with Crippen LogP contribution >= 0.6 is 22.9 Å². The summed E-state index contributed by atoms with van der Waals surface area (Å²) in [5, 5.41) is 17.1. The highest BCUT2D eigenvalue weighted by molar-refractivity contribution is 7.07. The number of likely N-dealkylation sites (N-methyl/N-ethyl adjacent to an activating group) is 1. The number of phenols is 1. The molecule has 4 nitrogen and oxygen atoms in total. The summed E-state index contributed by atoms with van der Waals surface area (Å²) in [5.41, 5.74) is 1.34. The number of nitrogens with zero attached hydrogens (tertiary/aromatic N) is 1. The van der Waals surface area contributed by atoms with Crippen LogP contribution in [0.1, 0.15) is 22.0 Å². The Kier molecular flexibility index (Phi) is 5.22. The average Bonchev–Trinajstić information content (AvgIpc) is 2.95. The van der Waals surface area contributed by atoms with Crippen molar-refractivity contribution in [2.24, 2.45) is 0 Å². The van der Waals surface area contributed by atoms with Crippen molar-refractivity contribution in [3.63, 3.8) is 0 Å². The average molecular weight is 325 g/mol. The molecule has 0 radical (unpaired) electrons. The second-order valence-corrected chi connectivity index (χ2v) is 6.12. The Morgan fingerprint density at radius 1 is 1.43 bits per heavy atom. The van der Waals surface area contributed by atoms with E-state index < -0.39 is 0 Å². The molecule has 0 aliphatic rings. The van der Waals surface area contributed by atoms with Crippen molar-refractivity contribution in [3.05, 3.63) is 51.2 Å². The first-order chi connectivity index (χ1) is 9.99. The molecule has 2 N–H and O–H groups in total. The summed E-state index contributed by atoms with van der Waals surface area (Å²) in [5.74, 6) is -0.411. The number of halogens is 1. The van der Waals surface area contributed by atoms with E-state index in [-0.39, 0.29) is 23.3 Å². The predicted octanol–water partition coefficient (Wildman–Crippen LogP) is 3.14. The number of phenolic OH excluding ortho intramolecular Hbond substituents is 1. The molecule has 0 saturated carbocycles. The number of carbonyl (C=O) groups is 1. The number of amides is 1. The quantitative estimate of drug-likeness (QED) is 0.888. The molecule has 0 saturated heterocycles. The van der Waals surface area contributed by atoms with E-state index in [4.69, 9.17) is 11.6 Å². The van der Waals surface area contributed by atoms with Gasteiger partial charge in [-0.3, -0.25) is 4.79 Å². The van der Waals surface area contributed by atoms with Crippen molar-refractivity contribution in [2.45, 2.75) is 6.04 Å². The molecule has 1 aromatic heterocycles. The lowest BCUT2D eigenvalue weighted by Crippen LogP contribution is -2.34. The van der Waals surface area contributed by atoms with E-state index in [0.717, 1.165) is 5.56 Å². The predicted molar refractivity (Wildman–Crippen MR) is 86.2 cm³/mol. The maximum absolute atomic E-state index is 12.2. The molecule has 1 atom stereocenters. The smallest absolute Gasteiger partial charge is 0.255 e. The molecular weight excluding hydrogens is 308 g/mol. The van der Waals surface area contributed by atoms with E-state index in [1.807, 2.05) is 30.4 Å². The molecule has 112 valence electrons. The van der Waals surface area contributed by atoms with Crippen molar-refractivity contribution in [3.8, 4) is 5.75 Å². The minimum absolute atomic E-state index is 0.0752. The van der Waals surface area contributed by atoms with Crippen molar-refractivity contribution < 1.29 is 9.90 Å². The van der Waals surface area contributed by atoms with Gasteiger partial charge in [0.2, 0.25) is 0 Å². The third-order valence-corrected chi connectivity index (χ3v) is 4.15. The highest BCUT2D eigenvalue weighted by Gasteiger charge is 2.17. The molecule has 0 aliphatic heterocycles. The van der Waals surface area contributed by atoms with Crippen LogP contribution in [0.25, 0.3) is 0 Å². The zero-order chi connectivity index (χ0) is 15.4. The van der Waals surface area contributed by atoms with E-state index in [1.54, 1.807) is 17.4 Å². The monoisotopic (exact) mass is 324 g/mol. The Hall–Kier alpha value is -1.56. The number of nitrogens with one attached hydrogen (secondary N) is 1. The van der Waals surface area contributed by atoms with Gasteiger partial charge in [-0.2, -0.15) is 11.3 Å². The summed E-state index contributed by atoms with van der Waals surface area (Å²) >= 11 is 7.48. The minimum Gasteiger partial charge on any atom is -0.507 e. The topological polar surface area (TPSA) is 52.6 Å². The number of thiophene rings is 1. The molecule has 0 bridgehead atoms.